The molecular weight excluding hydrogens is 412 g/mol. The quantitative estimate of drug-likeness (QED) is 0.651. The molecule has 2 heterocycles. The third-order valence-corrected chi connectivity index (χ3v) is 8.07. The summed E-state index contributed by atoms with van der Waals surface area (Å²) in [7, 11) is -1.59. The Morgan fingerprint density at radius 1 is 1.06 bits per heavy atom. The first-order valence-electron chi connectivity index (χ1n) is 10.9. The number of pyridine rings is 1. The summed E-state index contributed by atoms with van der Waals surface area (Å²) in [6, 6.07) is 11.4. The molecule has 1 fully saturated rings. The maximum absolute atomic E-state index is 13.1. The van der Waals surface area contributed by atoms with Gasteiger partial charge >= 0.3 is 0 Å². The van der Waals surface area contributed by atoms with Crippen LogP contribution in [-0.4, -0.2) is 79.7 Å². The lowest BCUT2D eigenvalue weighted by Gasteiger charge is -2.34. The largest absolute Gasteiger partial charge is 0.339 e. The van der Waals surface area contributed by atoms with Crippen molar-refractivity contribution in [3.05, 3.63) is 59.4 Å². The number of hydrogen-bond acceptors (Lipinski definition) is 5. The minimum Gasteiger partial charge on any atom is -0.339 e. The second kappa shape index (κ2) is 9.46. The first-order valence-corrected chi connectivity index (χ1v) is 12.4. The lowest BCUT2D eigenvalue weighted by Crippen LogP contribution is -2.52. The van der Waals surface area contributed by atoms with E-state index in [1.807, 2.05) is 42.3 Å². The van der Waals surface area contributed by atoms with Gasteiger partial charge in [0, 0.05) is 51.0 Å². The topological polar surface area (TPSA) is 73.8 Å². The summed E-state index contributed by atoms with van der Waals surface area (Å²) in [6.07, 6.45) is 5.64. The number of piperazine rings is 1. The number of rotatable bonds is 7. The van der Waals surface area contributed by atoms with Crippen LogP contribution in [0.5, 0.6) is 0 Å². The van der Waals surface area contributed by atoms with Gasteiger partial charge in [-0.3, -0.25) is 14.7 Å². The van der Waals surface area contributed by atoms with E-state index in [1.165, 1.54) is 9.87 Å². The van der Waals surface area contributed by atoms with Gasteiger partial charge in [0.25, 0.3) is 0 Å². The number of likely N-dealkylation sites (N-methyl/N-ethyl adjacent to an activating group) is 1. The van der Waals surface area contributed by atoms with Crippen molar-refractivity contribution < 1.29 is 13.2 Å². The Morgan fingerprint density at radius 2 is 1.84 bits per heavy atom. The number of benzene rings is 1. The van der Waals surface area contributed by atoms with Crippen molar-refractivity contribution >= 4 is 15.9 Å². The normalized spacial score (nSPS) is 17.2. The summed E-state index contributed by atoms with van der Waals surface area (Å²) < 4.78 is 27.7. The van der Waals surface area contributed by atoms with Gasteiger partial charge in [0.15, 0.2) is 0 Å². The van der Waals surface area contributed by atoms with E-state index in [4.69, 9.17) is 0 Å². The molecule has 0 spiro atoms. The van der Waals surface area contributed by atoms with Crippen LogP contribution >= 0.6 is 0 Å². The third-order valence-electron chi connectivity index (χ3n) is 6.18. The molecule has 2 aliphatic rings. The predicted molar refractivity (Wildman–Crippen MR) is 119 cm³/mol. The molecule has 0 radical (unpaired) electrons. The van der Waals surface area contributed by atoms with Gasteiger partial charge in [-0.15, -0.1) is 0 Å². The highest BCUT2D eigenvalue weighted by molar-refractivity contribution is 7.89. The Balaban J connectivity index is 1.28. The van der Waals surface area contributed by atoms with Gasteiger partial charge in [-0.25, -0.2) is 8.42 Å². The van der Waals surface area contributed by atoms with Gasteiger partial charge in [0.1, 0.15) is 0 Å². The van der Waals surface area contributed by atoms with E-state index in [-0.39, 0.29) is 5.91 Å². The lowest BCUT2D eigenvalue weighted by atomic mass is 10.1. The zero-order chi connectivity index (χ0) is 21.8. The highest BCUT2D eigenvalue weighted by Gasteiger charge is 2.31. The van der Waals surface area contributed by atoms with Crippen LogP contribution < -0.4 is 0 Å². The average molecular weight is 443 g/mol. The van der Waals surface area contributed by atoms with E-state index >= 15 is 0 Å². The molecule has 0 saturated carbocycles. The van der Waals surface area contributed by atoms with Crippen molar-refractivity contribution in [2.24, 2.45) is 0 Å². The van der Waals surface area contributed by atoms with Crippen molar-refractivity contribution in [2.75, 3.05) is 46.3 Å². The lowest BCUT2D eigenvalue weighted by molar-refractivity contribution is -0.133. The summed E-state index contributed by atoms with van der Waals surface area (Å²) in [6.45, 7) is 2.60. The van der Waals surface area contributed by atoms with Crippen LogP contribution in [0.1, 0.15) is 23.2 Å². The fourth-order valence-corrected chi connectivity index (χ4v) is 5.77. The molecule has 1 aromatic heterocycles. The van der Waals surface area contributed by atoms with Gasteiger partial charge in [0.2, 0.25) is 15.9 Å². The number of fused-ring (bicyclic) bond motifs is 1. The van der Waals surface area contributed by atoms with Gasteiger partial charge in [0.05, 0.1) is 11.4 Å². The van der Waals surface area contributed by atoms with E-state index < -0.39 is 10.0 Å². The summed E-state index contributed by atoms with van der Waals surface area (Å²) >= 11 is 0. The third kappa shape index (κ3) is 5.14. The molecule has 1 aliphatic carbocycles. The Hall–Kier alpha value is -2.29. The predicted octanol–water partition coefficient (Wildman–Crippen LogP) is 1.58. The molecule has 1 saturated heterocycles. The van der Waals surface area contributed by atoms with Crippen molar-refractivity contribution in [1.29, 1.82) is 0 Å². The average Bonchev–Trinajstić information content (AvgIpc) is 3.26. The van der Waals surface area contributed by atoms with Crippen molar-refractivity contribution in [1.82, 2.24) is 19.1 Å². The second-order valence-electron chi connectivity index (χ2n) is 8.38. The molecule has 2 aromatic rings. The van der Waals surface area contributed by atoms with Crippen molar-refractivity contribution in [3.8, 4) is 0 Å². The van der Waals surface area contributed by atoms with Gasteiger partial charge in [-0.1, -0.05) is 12.1 Å². The first kappa shape index (κ1) is 21.9. The summed E-state index contributed by atoms with van der Waals surface area (Å²) in [5.74, 6) is 0.0399. The Labute approximate surface area is 184 Å². The fraction of sp³-hybridized carbons (Fsp3) is 0.478. The van der Waals surface area contributed by atoms with E-state index in [0.717, 1.165) is 43.5 Å². The van der Waals surface area contributed by atoms with Crippen LogP contribution in [0.25, 0.3) is 0 Å². The van der Waals surface area contributed by atoms with E-state index in [1.54, 1.807) is 17.2 Å². The fourth-order valence-electron chi connectivity index (χ4n) is 4.30. The second-order valence-corrected chi connectivity index (χ2v) is 10.3. The highest BCUT2D eigenvalue weighted by Crippen LogP contribution is 2.26. The number of sulfonamides is 1. The number of amides is 1. The Kier molecular flexibility index (Phi) is 6.69. The molecule has 4 rings (SSSR count). The van der Waals surface area contributed by atoms with Crippen LogP contribution in [0, 0.1) is 0 Å². The van der Waals surface area contributed by atoms with Crippen LogP contribution in [0.4, 0.5) is 0 Å². The molecule has 8 heteroatoms. The van der Waals surface area contributed by atoms with Gasteiger partial charge < -0.3 is 4.90 Å². The van der Waals surface area contributed by atoms with Gasteiger partial charge in [-0.2, -0.15) is 4.31 Å². The molecule has 0 N–H and O–H groups in total. The molecular formula is C23H30N4O3S. The SMILES string of the molecule is CN(CCc1ccccn1)CC(=O)N1CCN(S(=O)(=O)c2ccc3c(c2)CCC3)CC1. The molecule has 1 amide bonds. The smallest absolute Gasteiger partial charge is 0.243 e. The van der Waals surface area contributed by atoms with Gasteiger partial charge in [-0.05, 0) is 61.7 Å². The number of aryl methyl sites for hydroxylation is 2. The summed E-state index contributed by atoms with van der Waals surface area (Å²) in [4.78, 5) is 21.1. The summed E-state index contributed by atoms with van der Waals surface area (Å²) in [5, 5.41) is 0. The Bertz CT molecular complexity index is 1020. The number of carbonyl (C=O) groups excluding carboxylic acids is 1. The molecule has 0 atom stereocenters. The molecule has 31 heavy (non-hydrogen) atoms. The molecule has 7 nitrogen and oxygen atoms in total. The molecule has 166 valence electrons. The molecule has 1 aliphatic heterocycles. The molecule has 0 unspecified atom stereocenters. The van der Waals surface area contributed by atoms with E-state index in [0.29, 0.717) is 37.6 Å². The van der Waals surface area contributed by atoms with Crippen molar-refractivity contribution in [3.63, 3.8) is 0 Å². The van der Waals surface area contributed by atoms with Crippen LogP contribution in [0.15, 0.2) is 47.5 Å². The number of hydrogen-bond donors (Lipinski definition) is 0. The minimum absolute atomic E-state index is 0.0399. The molecule has 0 bridgehead atoms. The minimum atomic E-state index is -3.52. The molecule has 1 aromatic carbocycles. The van der Waals surface area contributed by atoms with Crippen LogP contribution in [0.2, 0.25) is 0 Å². The highest BCUT2D eigenvalue weighted by atomic mass is 32.2. The van der Waals surface area contributed by atoms with E-state index in [9.17, 15) is 13.2 Å². The standard InChI is InChI=1S/C23H30N4O3S/c1-25(12-10-21-7-2-3-11-24-21)18-23(28)26-13-15-27(16-14-26)31(29,30)22-9-8-19-5-4-6-20(19)17-22/h2-3,7-9,11,17H,4-6,10,12-16,18H2,1H3. The van der Waals surface area contributed by atoms with Crippen molar-refractivity contribution in [2.45, 2.75) is 30.6 Å². The number of aromatic nitrogens is 1. The zero-order valence-corrected chi connectivity index (χ0v) is 18.9. The summed E-state index contributed by atoms with van der Waals surface area (Å²) in [5.41, 5.74) is 3.43. The Morgan fingerprint density at radius 3 is 2.58 bits per heavy atom. The maximum atomic E-state index is 13.1. The zero-order valence-electron chi connectivity index (χ0n) is 18.0. The monoisotopic (exact) mass is 442 g/mol. The van der Waals surface area contributed by atoms with E-state index in [2.05, 4.69) is 4.98 Å². The van der Waals surface area contributed by atoms with Crippen LogP contribution in [0.3, 0.4) is 0 Å². The first-order chi connectivity index (χ1) is 14.9. The van der Waals surface area contributed by atoms with Crippen LogP contribution in [-0.2, 0) is 34.1 Å². The number of nitrogens with zero attached hydrogens (tertiary/aromatic N) is 4. The number of carbonyl (C=O) groups is 1. The maximum Gasteiger partial charge on any atom is 0.243 e.